The molecule has 0 aliphatic rings. The van der Waals surface area contributed by atoms with Crippen LogP contribution in [-0.2, 0) is 0 Å². The predicted octanol–water partition coefficient (Wildman–Crippen LogP) is 1.94. The molecule has 0 saturated carbocycles. The molecule has 0 atom stereocenters. The third kappa shape index (κ3) is 3.11. The first-order chi connectivity index (χ1) is 8.66. The highest BCUT2D eigenvalue weighted by molar-refractivity contribution is 5.83. The zero-order valence-corrected chi connectivity index (χ0v) is 10.8. The van der Waals surface area contributed by atoms with Crippen LogP contribution in [0, 0.1) is 0 Å². The fraction of sp³-hybridized carbons (Fsp3) is 0.357. The molecule has 3 N–H and O–H groups in total. The van der Waals surface area contributed by atoms with Gasteiger partial charge in [-0.1, -0.05) is 32.0 Å². The largest absolute Gasteiger partial charge is 0.370 e. The Balaban J connectivity index is 2.08. The smallest absolute Gasteiger partial charge is 0.257 e. The van der Waals surface area contributed by atoms with Gasteiger partial charge in [0, 0.05) is 24.5 Å². The molecule has 2 aromatic rings. The van der Waals surface area contributed by atoms with Gasteiger partial charge in [0.05, 0.1) is 0 Å². The lowest BCUT2D eigenvalue weighted by Gasteiger charge is -2.10. The van der Waals surface area contributed by atoms with Crippen molar-refractivity contribution in [1.29, 1.82) is 0 Å². The first-order valence-electron chi connectivity index (χ1n) is 6.26. The van der Waals surface area contributed by atoms with Crippen LogP contribution in [0.2, 0.25) is 0 Å². The zero-order valence-electron chi connectivity index (χ0n) is 10.8. The molecule has 2 rings (SSSR count). The SMILES string of the molecule is CC(C)NCCNc1cc2ccccc2c(=O)[nH]1. The molecule has 0 amide bonds. The summed E-state index contributed by atoms with van der Waals surface area (Å²) in [5, 5.41) is 8.21. The Kier molecular flexibility index (Phi) is 3.99. The Bertz CT molecular complexity index is 575. The van der Waals surface area contributed by atoms with Gasteiger partial charge in [-0.05, 0) is 17.5 Å². The first-order valence-corrected chi connectivity index (χ1v) is 6.26. The van der Waals surface area contributed by atoms with E-state index in [1.165, 1.54) is 0 Å². The van der Waals surface area contributed by atoms with Crippen molar-refractivity contribution in [1.82, 2.24) is 10.3 Å². The molecule has 0 bridgehead atoms. The van der Waals surface area contributed by atoms with Gasteiger partial charge < -0.3 is 15.6 Å². The van der Waals surface area contributed by atoms with Gasteiger partial charge >= 0.3 is 0 Å². The third-order valence-corrected chi connectivity index (χ3v) is 2.75. The van der Waals surface area contributed by atoms with Gasteiger partial charge in [-0.3, -0.25) is 4.79 Å². The standard InChI is InChI=1S/C14H19N3O/c1-10(2)15-7-8-16-13-9-11-5-3-4-6-12(11)14(18)17-13/h3-6,9-10,15H,7-8H2,1-2H3,(H2,16,17,18). The highest BCUT2D eigenvalue weighted by Crippen LogP contribution is 2.12. The molecule has 1 aromatic heterocycles. The maximum atomic E-state index is 11.8. The van der Waals surface area contributed by atoms with E-state index in [2.05, 4.69) is 29.5 Å². The highest BCUT2D eigenvalue weighted by Gasteiger charge is 2.00. The van der Waals surface area contributed by atoms with Crippen molar-refractivity contribution < 1.29 is 0 Å². The summed E-state index contributed by atoms with van der Waals surface area (Å²) in [4.78, 5) is 14.7. The summed E-state index contributed by atoms with van der Waals surface area (Å²) < 4.78 is 0. The van der Waals surface area contributed by atoms with E-state index in [4.69, 9.17) is 0 Å². The van der Waals surface area contributed by atoms with Crippen LogP contribution < -0.4 is 16.2 Å². The van der Waals surface area contributed by atoms with Crippen molar-refractivity contribution >= 4 is 16.6 Å². The van der Waals surface area contributed by atoms with E-state index >= 15 is 0 Å². The minimum absolute atomic E-state index is 0.0487. The number of benzene rings is 1. The normalized spacial score (nSPS) is 11.1. The van der Waals surface area contributed by atoms with Crippen LogP contribution in [-0.4, -0.2) is 24.1 Å². The summed E-state index contributed by atoms with van der Waals surface area (Å²) in [6.07, 6.45) is 0. The molecule has 1 heterocycles. The Hall–Kier alpha value is -1.81. The number of H-pyrrole nitrogens is 1. The fourth-order valence-corrected chi connectivity index (χ4v) is 1.86. The van der Waals surface area contributed by atoms with Crippen LogP contribution in [0.4, 0.5) is 5.82 Å². The number of rotatable bonds is 5. The van der Waals surface area contributed by atoms with Gasteiger partial charge in [0.25, 0.3) is 5.56 Å². The molecular formula is C14H19N3O. The Morgan fingerprint density at radius 3 is 2.78 bits per heavy atom. The second-order valence-corrected chi connectivity index (χ2v) is 4.63. The summed E-state index contributed by atoms with van der Waals surface area (Å²) in [5.74, 6) is 0.768. The number of hydrogen-bond acceptors (Lipinski definition) is 3. The van der Waals surface area contributed by atoms with E-state index < -0.39 is 0 Å². The van der Waals surface area contributed by atoms with Crippen LogP contribution in [0.1, 0.15) is 13.8 Å². The highest BCUT2D eigenvalue weighted by atomic mass is 16.1. The van der Waals surface area contributed by atoms with Crippen LogP contribution >= 0.6 is 0 Å². The van der Waals surface area contributed by atoms with Crippen molar-refractivity contribution in [2.24, 2.45) is 0 Å². The number of fused-ring (bicyclic) bond motifs is 1. The zero-order chi connectivity index (χ0) is 13.0. The molecule has 0 spiro atoms. The molecule has 0 aliphatic carbocycles. The van der Waals surface area contributed by atoms with Crippen molar-refractivity contribution in [2.45, 2.75) is 19.9 Å². The number of nitrogens with one attached hydrogen (secondary N) is 3. The summed E-state index contributed by atoms with van der Waals surface area (Å²) in [6, 6.07) is 10.0. The summed E-state index contributed by atoms with van der Waals surface area (Å²) in [7, 11) is 0. The topological polar surface area (TPSA) is 56.9 Å². The number of hydrogen-bond donors (Lipinski definition) is 3. The van der Waals surface area contributed by atoms with E-state index in [1.54, 1.807) is 0 Å². The first kappa shape index (κ1) is 12.6. The molecule has 1 aromatic carbocycles. The predicted molar refractivity (Wildman–Crippen MR) is 76.2 cm³/mol. The Labute approximate surface area is 106 Å². The van der Waals surface area contributed by atoms with E-state index in [-0.39, 0.29) is 5.56 Å². The minimum Gasteiger partial charge on any atom is -0.370 e. The van der Waals surface area contributed by atoms with Gasteiger partial charge in [0.1, 0.15) is 5.82 Å². The molecule has 4 heteroatoms. The number of aromatic nitrogens is 1. The average Bonchev–Trinajstić information content (AvgIpc) is 2.35. The van der Waals surface area contributed by atoms with Gasteiger partial charge in [-0.25, -0.2) is 0 Å². The molecule has 0 radical (unpaired) electrons. The van der Waals surface area contributed by atoms with Crippen molar-refractivity contribution in [3.63, 3.8) is 0 Å². The molecule has 0 saturated heterocycles. The van der Waals surface area contributed by atoms with Gasteiger partial charge in [-0.15, -0.1) is 0 Å². The third-order valence-electron chi connectivity index (χ3n) is 2.75. The van der Waals surface area contributed by atoms with Crippen molar-refractivity contribution in [3.05, 3.63) is 40.7 Å². The summed E-state index contributed by atoms with van der Waals surface area (Å²) in [6.45, 7) is 5.87. The Morgan fingerprint density at radius 1 is 1.22 bits per heavy atom. The summed E-state index contributed by atoms with van der Waals surface area (Å²) >= 11 is 0. The van der Waals surface area contributed by atoms with Crippen molar-refractivity contribution in [3.8, 4) is 0 Å². The van der Waals surface area contributed by atoms with Crippen LogP contribution in [0.15, 0.2) is 35.1 Å². The maximum Gasteiger partial charge on any atom is 0.257 e. The molecule has 18 heavy (non-hydrogen) atoms. The van der Waals surface area contributed by atoms with Gasteiger partial charge in [0.15, 0.2) is 0 Å². The van der Waals surface area contributed by atoms with Crippen molar-refractivity contribution in [2.75, 3.05) is 18.4 Å². The lowest BCUT2D eigenvalue weighted by atomic mass is 10.2. The van der Waals surface area contributed by atoms with Crippen LogP contribution in [0.5, 0.6) is 0 Å². The van der Waals surface area contributed by atoms with Gasteiger partial charge in [-0.2, -0.15) is 0 Å². The monoisotopic (exact) mass is 245 g/mol. The maximum absolute atomic E-state index is 11.8. The minimum atomic E-state index is -0.0487. The molecule has 0 aliphatic heterocycles. The fourth-order valence-electron chi connectivity index (χ4n) is 1.86. The van der Waals surface area contributed by atoms with E-state index in [0.29, 0.717) is 6.04 Å². The van der Waals surface area contributed by atoms with E-state index in [0.717, 1.165) is 29.7 Å². The number of pyridine rings is 1. The number of anilines is 1. The van der Waals surface area contributed by atoms with E-state index in [1.807, 2.05) is 30.3 Å². The lowest BCUT2D eigenvalue weighted by Crippen LogP contribution is -2.28. The van der Waals surface area contributed by atoms with Crippen LogP contribution in [0.3, 0.4) is 0 Å². The molecule has 0 fully saturated rings. The second kappa shape index (κ2) is 5.69. The molecule has 0 unspecified atom stereocenters. The second-order valence-electron chi connectivity index (χ2n) is 4.63. The average molecular weight is 245 g/mol. The molecular weight excluding hydrogens is 226 g/mol. The van der Waals surface area contributed by atoms with E-state index in [9.17, 15) is 4.79 Å². The summed E-state index contributed by atoms with van der Waals surface area (Å²) in [5.41, 5.74) is -0.0487. The molecule has 96 valence electrons. The van der Waals surface area contributed by atoms with Gasteiger partial charge in [0.2, 0.25) is 0 Å². The van der Waals surface area contributed by atoms with Crippen LogP contribution in [0.25, 0.3) is 10.8 Å². The Morgan fingerprint density at radius 2 is 2.00 bits per heavy atom. The number of aromatic amines is 1. The lowest BCUT2D eigenvalue weighted by molar-refractivity contribution is 0.602. The molecule has 4 nitrogen and oxygen atoms in total. The quantitative estimate of drug-likeness (QED) is 0.706.